The van der Waals surface area contributed by atoms with Gasteiger partial charge in [-0.2, -0.15) is 0 Å². The Morgan fingerprint density at radius 1 is 1.44 bits per heavy atom. The predicted octanol–water partition coefficient (Wildman–Crippen LogP) is 0.383. The molecule has 1 amide bonds. The number of aromatic nitrogens is 2. The number of aryl methyl sites for hydroxylation is 1. The second kappa shape index (κ2) is 4.47. The quantitative estimate of drug-likeness (QED) is 0.725. The van der Waals surface area contributed by atoms with Crippen LogP contribution >= 0.6 is 0 Å². The molecule has 0 N–H and O–H groups in total. The third kappa shape index (κ3) is 2.29. The van der Waals surface area contributed by atoms with Gasteiger partial charge in [0, 0.05) is 38.3 Å². The average Bonchev–Trinajstić information content (AvgIpc) is 2.65. The first-order valence-electron chi connectivity index (χ1n) is 5.44. The summed E-state index contributed by atoms with van der Waals surface area (Å²) in [7, 11) is 0. The van der Waals surface area contributed by atoms with Crippen LogP contribution in [0.15, 0.2) is 12.4 Å². The van der Waals surface area contributed by atoms with Crippen LogP contribution in [0.3, 0.4) is 0 Å². The summed E-state index contributed by atoms with van der Waals surface area (Å²) in [4.78, 5) is 28.8. The topological polar surface area (TPSA) is 55.2 Å². The van der Waals surface area contributed by atoms with Crippen LogP contribution in [0.1, 0.15) is 18.7 Å². The van der Waals surface area contributed by atoms with E-state index in [4.69, 9.17) is 0 Å². The Bertz CT molecular complexity index is 401. The third-order valence-corrected chi connectivity index (χ3v) is 2.90. The molecule has 1 fully saturated rings. The molecule has 5 heteroatoms. The van der Waals surface area contributed by atoms with E-state index in [0.717, 1.165) is 5.82 Å². The van der Waals surface area contributed by atoms with Crippen LogP contribution in [0, 0.1) is 6.92 Å². The smallest absolute Gasteiger partial charge is 0.242 e. The molecule has 1 aromatic rings. The molecule has 0 atom stereocenters. The Kier molecular flexibility index (Phi) is 3.03. The molecule has 5 nitrogen and oxygen atoms in total. The average molecular weight is 221 g/mol. The van der Waals surface area contributed by atoms with E-state index in [9.17, 15) is 9.59 Å². The zero-order valence-corrected chi connectivity index (χ0v) is 9.35. The first-order valence-corrected chi connectivity index (χ1v) is 5.44. The molecule has 0 bridgehead atoms. The molecule has 0 saturated carbocycles. The molecule has 2 rings (SSSR count). The van der Waals surface area contributed by atoms with Crippen molar-refractivity contribution in [2.75, 3.05) is 13.1 Å². The Hall–Kier alpha value is -1.65. The maximum absolute atomic E-state index is 11.9. The van der Waals surface area contributed by atoms with Crippen molar-refractivity contribution in [1.82, 2.24) is 14.5 Å². The number of piperidine rings is 1. The summed E-state index contributed by atoms with van der Waals surface area (Å²) in [6, 6.07) is 0. The van der Waals surface area contributed by atoms with E-state index < -0.39 is 0 Å². The standard InChI is InChI=1S/C11H15N3O2/c1-9-12-4-7-14(9)8-11(16)13-5-2-10(15)3-6-13/h4,7H,2-3,5-6,8H2,1H3. The number of hydrogen-bond donors (Lipinski definition) is 0. The number of carbonyl (C=O) groups is 2. The molecule has 16 heavy (non-hydrogen) atoms. The molecule has 2 heterocycles. The summed E-state index contributed by atoms with van der Waals surface area (Å²) >= 11 is 0. The summed E-state index contributed by atoms with van der Waals surface area (Å²) in [5.74, 6) is 1.15. The van der Waals surface area contributed by atoms with Crippen molar-refractivity contribution in [3.63, 3.8) is 0 Å². The highest BCUT2D eigenvalue weighted by Crippen LogP contribution is 2.07. The highest BCUT2D eigenvalue weighted by Gasteiger charge is 2.20. The lowest BCUT2D eigenvalue weighted by Crippen LogP contribution is -2.40. The van der Waals surface area contributed by atoms with Gasteiger partial charge in [0.1, 0.15) is 18.2 Å². The molecule has 0 spiro atoms. The molecule has 1 aromatic heterocycles. The monoisotopic (exact) mass is 221 g/mol. The summed E-state index contributed by atoms with van der Waals surface area (Å²) < 4.78 is 1.82. The fraction of sp³-hybridized carbons (Fsp3) is 0.545. The number of likely N-dealkylation sites (tertiary alicyclic amines) is 1. The zero-order valence-electron chi connectivity index (χ0n) is 9.35. The SMILES string of the molecule is Cc1nccn1CC(=O)N1CCC(=O)CC1. The minimum absolute atomic E-state index is 0.0635. The summed E-state index contributed by atoms with van der Waals surface area (Å²) in [6.45, 7) is 3.31. The van der Waals surface area contributed by atoms with E-state index in [0.29, 0.717) is 32.5 Å². The number of hydrogen-bond acceptors (Lipinski definition) is 3. The largest absolute Gasteiger partial charge is 0.340 e. The lowest BCUT2D eigenvalue weighted by molar-refractivity contribution is -0.135. The summed E-state index contributed by atoms with van der Waals surface area (Å²) in [5.41, 5.74) is 0. The molecule has 1 aliphatic rings. The molecule has 0 unspecified atom stereocenters. The van der Waals surface area contributed by atoms with Crippen LogP contribution in [0.25, 0.3) is 0 Å². The van der Waals surface area contributed by atoms with E-state index in [1.165, 1.54) is 0 Å². The lowest BCUT2D eigenvalue weighted by Gasteiger charge is -2.26. The number of Topliss-reactive ketones (excluding diaryl/α,β-unsaturated/α-hetero) is 1. The summed E-state index contributed by atoms with van der Waals surface area (Å²) in [6.07, 6.45) is 4.47. The van der Waals surface area contributed by atoms with Gasteiger partial charge in [0.05, 0.1) is 0 Å². The lowest BCUT2D eigenvalue weighted by atomic mass is 10.1. The van der Waals surface area contributed by atoms with Crippen LogP contribution in [0.5, 0.6) is 0 Å². The van der Waals surface area contributed by atoms with Crippen molar-refractivity contribution in [3.05, 3.63) is 18.2 Å². The molecule has 0 aromatic carbocycles. The van der Waals surface area contributed by atoms with Crippen molar-refractivity contribution in [1.29, 1.82) is 0 Å². The molecule has 0 aliphatic carbocycles. The predicted molar refractivity (Wildman–Crippen MR) is 57.8 cm³/mol. The van der Waals surface area contributed by atoms with Crippen molar-refractivity contribution in [2.24, 2.45) is 0 Å². The number of imidazole rings is 1. The number of nitrogens with zero attached hydrogens (tertiary/aromatic N) is 3. The Balaban J connectivity index is 1.93. The van der Waals surface area contributed by atoms with E-state index in [-0.39, 0.29) is 11.7 Å². The maximum Gasteiger partial charge on any atom is 0.242 e. The normalized spacial score (nSPS) is 16.6. The fourth-order valence-electron chi connectivity index (χ4n) is 1.82. The van der Waals surface area contributed by atoms with Gasteiger partial charge in [-0.3, -0.25) is 9.59 Å². The molecular formula is C11H15N3O2. The van der Waals surface area contributed by atoms with Gasteiger partial charge in [0.25, 0.3) is 0 Å². The van der Waals surface area contributed by atoms with E-state index in [2.05, 4.69) is 4.98 Å². The molecule has 1 aliphatic heterocycles. The number of rotatable bonds is 2. The van der Waals surface area contributed by atoms with Gasteiger partial charge in [-0.25, -0.2) is 4.98 Å². The van der Waals surface area contributed by atoms with Crippen molar-refractivity contribution in [3.8, 4) is 0 Å². The van der Waals surface area contributed by atoms with Gasteiger partial charge in [-0.05, 0) is 6.92 Å². The van der Waals surface area contributed by atoms with E-state index >= 15 is 0 Å². The van der Waals surface area contributed by atoms with Gasteiger partial charge in [0.2, 0.25) is 5.91 Å². The highest BCUT2D eigenvalue weighted by molar-refractivity contribution is 5.83. The van der Waals surface area contributed by atoms with Gasteiger partial charge in [-0.15, -0.1) is 0 Å². The Morgan fingerprint density at radius 2 is 2.12 bits per heavy atom. The van der Waals surface area contributed by atoms with Gasteiger partial charge in [0.15, 0.2) is 0 Å². The Labute approximate surface area is 94.1 Å². The van der Waals surface area contributed by atoms with Gasteiger partial charge < -0.3 is 9.47 Å². The highest BCUT2D eigenvalue weighted by atomic mass is 16.2. The molecule has 1 saturated heterocycles. The fourth-order valence-corrected chi connectivity index (χ4v) is 1.82. The van der Waals surface area contributed by atoms with Crippen LogP contribution in [-0.2, 0) is 16.1 Å². The van der Waals surface area contributed by atoms with Crippen molar-refractivity contribution in [2.45, 2.75) is 26.3 Å². The zero-order chi connectivity index (χ0) is 11.5. The number of ketones is 1. The Morgan fingerprint density at radius 3 is 2.69 bits per heavy atom. The summed E-state index contributed by atoms with van der Waals surface area (Å²) in [5, 5.41) is 0. The van der Waals surface area contributed by atoms with Crippen LogP contribution in [0.4, 0.5) is 0 Å². The second-order valence-electron chi connectivity index (χ2n) is 4.02. The first kappa shape index (κ1) is 10.9. The second-order valence-corrected chi connectivity index (χ2v) is 4.02. The number of amides is 1. The maximum atomic E-state index is 11.9. The van der Waals surface area contributed by atoms with Crippen LogP contribution < -0.4 is 0 Å². The number of carbonyl (C=O) groups excluding carboxylic acids is 2. The van der Waals surface area contributed by atoms with E-state index in [1.54, 1.807) is 17.3 Å². The molecule has 86 valence electrons. The first-order chi connectivity index (χ1) is 7.66. The minimum Gasteiger partial charge on any atom is -0.340 e. The van der Waals surface area contributed by atoms with Crippen LogP contribution in [0.2, 0.25) is 0 Å². The minimum atomic E-state index is 0.0635. The van der Waals surface area contributed by atoms with Gasteiger partial charge in [-0.1, -0.05) is 0 Å². The third-order valence-electron chi connectivity index (χ3n) is 2.90. The van der Waals surface area contributed by atoms with E-state index in [1.807, 2.05) is 11.5 Å². The molecule has 0 radical (unpaired) electrons. The molecular weight excluding hydrogens is 206 g/mol. The van der Waals surface area contributed by atoms with Gasteiger partial charge >= 0.3 is 0 Å². The van der Waals surface area contributed by atoms with Crippen molar-refractivity contribution < 1.29 is 9.59 Å². The van der Waals surface area contributed by atoms with Crippen molar-refractivity contribution >= 4 is 11.7 Å². The van der Waals surface area contributed by atoms with Crippen LogP contribution in [-0.4, -0.2) is 39.2 Å².